The van der Waals surface area contributed by atoms with Gasteiger partial charge in [0.15, 0.2) is 0 Å². The average Bonchev–Trinajstić information content (AvgIpc) is 3.47. The van der Waals surface area contributed by atoms with E-state index in [-0.39, 0.29) is 18.7 Å². The summed E-state index contributed by atoms with van der Waals surface area (Å²) in [7, 11) is 0. The molecule has 2 aromatic carbocycles. The minimum atomic E-state index is -1.69. The van der Waals surface area contributed by atoms with Crippen molar-refractivity contribution in [3.63, 3.8) is 0 Å². The summed E-state index contributed by atoms with van der Waals surface area (Å²) < 4.78 is 32.6. The first-order valence-electron chi connectivity index (χ1n) is 11.2. The van der Waals surface area contributed by atoms with E-state index in [9.17, 15) is 13.9 Å². The smallest absolute Gasteiger partial charge is 0.137 e. The van der Waals surface area contributed by atoms with E-state index in [2.05, 4.69) is 36.3 Å². The van der Waals surface area contributed by atoms with Gasteiger partial charge < -0.3 is 5.11 Å². The van der Waals surface area contributed by atoms with Crippen LogP contribution in [0.5, 0.6) is 0 Å². The van der Waals surface area contributed by atoms with Crippen LogP contribution in [0.4, 0.5) is 8.78 Å². The van der Waals surface area contributed by atoms with Crippen molar-refractivity contribution in [3.05, 3.63) is 94.2 Å². The van der Waals surface area contributed by atoms with Crippen molar-refractivity contribution in [2.45, 2.75) is 38.6 Å². The number of benzene rings is 2. The largest absolute Gasteiger partial charge is 0.382 e. The molecule has 0 aliphatic rings. The molecular weight excluding hydrogens is 520 g/mol. The standard InChI is InChI=1S/C24H26BrF2N7O/c1-2-9-32(12-21-13-33(31-30-21)11-18-3-5-19(25)6-4-18)14-24(35,15-34-17-28-16-29-34)22-8-7-20(26)10-23(22)27/h3-8,10,13,16-17,35H,2,9,11-12,14-15H2,1H3. The molecule has 0 bridgehead atoms. The van der Waals surface area contributed by atoms with Gasteiger partial charge in [0.2, 0.25) is 0 Å². The van der Waals surface area contributed by atoms with Crippen LogP contribution >= 0.6 is 15.9 Å². The fourth-order valence-corrected chi connectivity index (χ4v) is 4.33. The molecule has 11 heteroatoms. The Labute approximate surface area is 210 Å². The van der Waals surface area contributed by atoms with Crippen LogP contribution in [0.15, 0.2) is 65.8 Å². The van der Waals surface area contributed by atoms with Crippen LogP contribution in [0.1, 0.15) is 30.2 Å². The quantitative estimate of drug-likeness (QED) is 0.309. The van der Waals surface area contributed by atoms with Crippen molar-refractivity contribution < 1.29 is 13.9 Å². The first kappa shape index (κ1) is 25.1. The molecule has 0 fully saturated rings. The molecule has 1 unspecified atom stereocenters. The lowest BCUT2D eigenvalue weighted by Crippen LogP contribution is -2.44. The molecule has 0 radical (unpaired) electrons. The summed E-state index contributed by atoms with van der Waals surface area (Å²) in [6.07, 6.45) is 5.46. The molecular formula is C24H26BrF2N7O. The Morgan fingerprint density at radius 2 is 1.91 bits per heavy atom. The van der Waals surface area contributed by atoms with Crippen molar-refractivity contribution >= 4 is 15.9 Å². The van der Waals surface area contributed by atoms with E-state index in [1.807, 2.05) is 42.3 Å². The molecule has 0 spiro atoms. The lowest BCUT2D eigenvalue weighted by atomic mass is 9.92. The highest BCUT2D eigenvalue weighted by atomic mass is 79.9. The third-order valence-corrected chi connectivity index (χ3v) is 6.11. The predicted octanol–water partition coefficient (Wildman–Crippen LogP) is 3.76. The van der Waals surface area contributed by atoms with Gasteiger partial charge in [-0.15, -0.1) is 5.10 Å². The third kappa shape index (κ3) is 6.56. The van der Waals surface area contributed by atoms with Gasteiger partial charge in [0, 0.05) is 29.2 Å². The van der Waals surface area contributed by atoms with Crippen molar-refractivity contribution in [2.24, 2.45) is 0 Å². The zero-order valence-corrected chi connectivity index (χ0v) is 20.8. The van der Waals surface area contributed by atoms with Crippen LogP contribution in [0.2, 0.25) is 0 Å². The van der Waals surface area contributed by atoms with Gasteiger partial charge in [0.25, 0.3) is 0 Å². The van der Waals surface area contributed by atoms with Crippen LogP contribution in [-0.2, 0) is 25.2 Å². The van der Waals surface area contributed by atoms with Crippen molar-refractivity contribution in [1.29, 1.82) is 0 Å². The van der Waals surface area contributed by atoms with E-state index in [4.69, 9.17) is 0 Å². The molecule has 0 aliphatic heterocycles. The second-order valence-electron chi connectivity index (χ2n) is 8.49. The average molecular weight is 546 g/mol. The van der Waals surface area contributed by atoms with E-state index in [1.165, 1.54) is 23.4 Å². The Balaban J connectivity index is 1.54. The van der Waals surface area contributed by atoms with Crippen molar-refractivity contribution in [1.82, 2.24) is 34.7 Å². The molecule has 0 amide bonds. The van der Waals surface area contributed by atoms with Crippen LogP contribution in [0.3, 0.4) is 0 Å². The predicted molar refractivity (Wildman–Crippen MR) is 129 cm³/mol. The highest BCUT2D eigenvalue weighted by Gasteiger charge is 2.35. The van der Waals surface area contributed by atoms with Gasteiger partial charge in [-0.05, 0) is 36.7 Å². The van der Waals surface area contributed by atoms with E-state index < -0.39 is 17.2 Å². The molecule has 1 N–H and O–H groups in total. The first-order valence-corrected chi connectivity index (χ1v) is 12.0. The summed E-state index contributed by atoms with van der Waals surface area (Å²) in [6.45, 7) is 3.64. The highest BCUT2D eigenvalue weighted by Crippen LogP contribution is 2.28. The molecule has 4 rings (SSSR count). The second-order valence-corrected chi connectivity index (χ2v) is 9.41. The van der Waals surface area contributed by atoms with Gasteiger partial charge >= 0.3 is 0 Å². The van der Waals surface area contributed by atoms with E-state index >= 15 is 0 Å². The van der Waals surface area contributed by atoms with Gasteiger partial charge in [-0.3, -0.25) is 4.90 Å². The molecule has 0 saturated heterocycles. The summed E-state index contributed by atoms with van der Waals surface area (Å²) >= 11 is 3.43. The zero-order chi connectivity index (χ0) is 24.8. The normalized spacial score (nSPS) is 13.3. The number of nitrogens with zero attached hydrogens (tertiary/aromatic N) is 7. The van der Waals surface area contributed by atoms with Crippen LogP contribution in [-0.4, -0.2) is 52.9 Å². The maximum absolute atomic E-state index is 14.8. The SMILES string of the molecule is CCCN(Cc1cn(Cc2ccc(Br)cc2)nn1)CC(O)(Cn1cncn1)c1ccc(F)cc1F. The van der Waals surface area contributed by atoms with Gasteiger partial charge in [-0.2, -0.15) is 5.10 Å². The molecule has 2 heterocycles. The Morgan fingerprint density at radius 1 is 1.11 bits per heavy atom. The fraction of sp³-hybridized carbons (Fsp3) is 0.333. The van der Waals surface area contributed by atoms with Crippen LogP contribution in [0.25, 0.3) is 0 Å². The molecule has 0 saturated carbocycles. The lowest BCUT2D eigenvalue weighted by Gasteiger charge is -2.34. The van der Waals surface area contributed by atoms with E-state index in [1.54, 1.807) is 4.68 Å². The van der Waals surface area contributed by atoms with Crippen molar-refractivity contribution in [3.8, 4) is 0 Å². The Hall–Kier alpha value is -3.02. The lowest BCUT2D eigenvalue weighted by molar-refractivity contribution is -0.0239. The maximum Gasteiger partial charge on any atom is 0.137 e. The topological polar surface area (TPSA) is 84.9 Å². The van der Waals surface area contributed by atoms with Crippen LogP contribution < -0.4 is 0 Å². The maximum atomic E-state index is 14.8. The minimum Gasteiger partial charge on any atom is -0.382 e. The van der Waals surface area contributed by atoms with Gasteiger partial charge in [-0.25, -0.2) is 23.1 Å². The number of aromatic nitrogens is 6. The summed E-state index contributed by atoms with van der Waals surface area (Å²) in [5, 5.41) is 24.3. The zero-order valence-electron chi connectivity index (χ0n) is 19.2. The molecule has 8 nitrogen and oxygen atoms in total. The highest BCUT2D eigenvalue weighted by molar-refractivity contribution is 9.10. The molecule has 2 aromatic heterocycles. The number of aliphatic hydroxyl groups is 1. The van der Waals surface area contributed by atoms with Gasteiger partial charge in [0.05, 0.1) is 25.0 Å². The number of hydrogen-bond donors (Lipinski definition) is 1. The number of halogens is 3. The molecule has 184 valence electrons. The monoisotopic (exact) mass is 545 g/mol. The second kappa shape index (κ2) is 11.1. The summed E-state index contributed by atoms with van der Waals surface area (Å²) in [4.78, 5) is 5.89. The summed E-state index contributed by atoms with van der Waals surface area (Å²) in [5.74, 6) is -1.52. The fourth-order valence-electron chi connectivity index (χ4n) is 4.06. The van der Waals surface area contributed by atoms with Gasteiger partial charge in [-0.1, -0.05) is 46.3 Å². The molecule has 0 aliphatic carbocycles. The Bertz CT molecular complexity index is 1230. The Kier molecular flexibility index (Phi) is 7.99. The van der Waals surface area contributed by atoms with Crippen molar-refractivity contribution in [2.75, 3.05) is 13.1 Å². The minimum absolute atomic E-state index is 0.00519. The number of hydrogen-bond acceptors (Lipinski definition) is 6. The van der Waals surface area contributed by atoms with Gasteiger partial charge in [0.1, 0.15) is 29.9 Å². The molecule has 4 aromatic rings. The molecule has 35 heavy (non-hydrogen) atoms. The first-order chi connectivity index (χ1) is 16.8. The van der Waals surface area contributed by atoms with Crippen LogP contribution in [0, 0.1) is 11.6 Å². The summed E-state index contributed by atoms with van der Waals surface area (Å²) in [6, 6.07) is 11.2. The Morgan fingerprint density at radius 3 is 2.60 bits per heavy atom. The summed E-state index contributed by atoms with van der Waals surface area (Å²) in [5.41, 5.74) is 0.116. The van der Waals surface area contributed by atoms with E-state index in [0.717, 1.165) is 34.3 Å². The van der Waals surface area contributed by atoms with E-state index in [0.29, 0.717) is 19.6 Å². The third-order valence-electron chi connectivity index (χ3n) is 5.58. The molecule has 1 atom stereocenters. The number of rotatable bonds is 11.